The van der Waals surface area contributed by atoms with Crippen molar-refractivity contribution in [2.75, 3.05) is 19.0 Å². The minimum absolute atomic E-state index is 0.100. The van der Waals surface area contributed by atoms with Crippen molar-refractivity contribution in [1.29, 1.82) is 0 Å². The van der Waals surface area contributed by atoms with Crippen LogP contribution in [0.1, 0.15) is 58.9 Å². The van der Waals surface area contributed by atoms with Crippen LogP contribution in [0.15, 0.2) is 77.3 Å². The van der Waals surface area contributed by atoms with E-state index in [0.29, 0.717) is 40.2 Å². The number of carbonyl (C=O) groups is 2. The van der Waals surface area contributed by atoms with Crippen molar-refractivity contribution in [3.8, 4) is 5.75 Å². The Labute approximate surface area is 232 Å². The molecule has 6 nitrogen and oxygen atoms in total. The molecule has 3 rings (SSSR count). The second-order valence-corrected chi connectivity index (χ2v) is 9.92. The molecule has 194 valence electrons. The first-order valence-corrected chi connectivity index (χ1v) is 13.5. The highest BCUT2D eigenvalue weighted by molar-refractivity contribution is 9.10. The number of anilines is 1. The van der Waals surface area contributed by atoms with Crippen LogP contribution in [-0.4, -0.2) is 35.5 Å². The summed E-state index contributed by atoms with van der Waals surface area (Å²) in [6.07, 6.45) is 4.50. The number of thiocarbonyl (C=S) groups is 1. The Kier molecular flexibility index (Phi) is 11.1. The fourth-order valence-electron chi connectivity index (χ4n) is 3.71. The maximum Gasteiger partial charge on any atom is 0.257 e. The van der Waals surface area contributed by atoms with Crippen LogP contribution in [0.25, 0.3) is 0 Å². The smallest absolute Gasteiger partial charge is 0.257 e. The molecule has 0 aliphatic rings. The molecular weight excluding hydrogens is 550 g/mol. The van der Waals surface area contributed by atoms with Gasteiger partial charge in [-0.2, -0.15) is 0 Å². The van der Waals surface area contributed by atoms with Crippen molar-refractivity contribution in [2.45, 2.75) is 39.2 Å². The van der Waals surface area contributed by atoms with Crippen LogP contribution >= 0.6 is 28.1 Å². The van der Waals surface area contributed by atoms with Gasteiger partial charge in [-0.1, -0.05) is 68.7 Å². The van der Waals surface area contributed by atoms with E-state index in [1.165, 1.54) is 12.8 Å². The number of hydrogen-bond donors (Lipinski definition) is 2. The van der Waals surface area contributed by atoms with E-state index in [1.54, 1.807) is 54.4 Å². The van der Waals surface area contributed by atoms with Crippen LogP contribution in [0.3, 0.4) is 0 Å². The molecule has 3 aromatic rings. The van der Waals surface area contributed by atoms with E-state index in [1.807, 2.05) is 30.3 Å². The molecule has 0 bridgehead atoms. The van der Waals surface area contributed by atoms with Crippen molar-refractivity contribution in [3.05, 3.63) is 94.0 Å². The molecule has 0 aliphatic carbocycles. The fourth-order valence-corrected chi connectivity index (χ4v) is 4.41. The van der Waals surface area contributed by atoms with Crippen LogP contribution in [0, 0.1) is 0 Å². The van der Waals surface area contributed by atoms with Gasteiger partial charge in [0, 0.05) is 19.2 Å². The molecule has 0 aliphatic heterocycles. The third kappa shape index (κ3) is 8.68. The summed E-state index contributed by atoms with van der Waals surface area (Å²) in [6, 6.07) is 22.0. The van der Waals surface area contributed by atoms with Crippen molar-refractivity contribution in [1.82, 2.24) is 10.2 Å². The van der Waals surface area contributed by atoms with Gasteiger partial charge in [-0.15, -0.1) is 0 Å². The van der Waals surface area contributed by atoms with Gasteiger partial charge in [0.15, 0.2) is 5.11 Å². The van der Waals surface area contributed by atoms with E-state index in [-0.39, 0.29) is 16.9 Å². The first-order valence-electron chi connectivity index (χ1n) is 12.3. The van der Waals surface area contributed by atoms with Crippen LogP contribution < -0.4 is 15.4 Å². The van der Waals surface area contributed by atoms with Gasteiger partial charge in [-0.05, 0) is 70.5 Å². The van der Waals surface area contributed by atoms with Crippen molar-refractivity contribution in [3.63, 3.8) is 0 Å². The SMILES string of the molecule is CCCCCCOc1ccc(C(=O)NC(=S)Nc2ccccc2C(=O)N(C)Cc2ccccc2)cc1Br. The normalized spacial score (nSPS) is 10.5. The maximum absolute atomic E-state index is 13.1. The van der Waals surface area contributed by atoms with Gasteiger partial charge in [-0.3, -0.25) is 14.9 Å². The lowest BCUT2D eigenvalue weighted by atomic mass is 10.1. The third-order valence-electron chi connectivity index (χ3n) is 5.69. The van der Waals surface area contributed by atoms with Crippen molar-refractivity contribution in [2.24, 2.45) is 0 Å². The average molecular weight is 583 g/mol. The summed E-state index contributed by atoms with van der Waals surface area (Å²) in [5, 5.41) is 5.79. The molecule has 0 radical (unpaired) electrons. The van der Waals surface area contributed by atoms with Gasteiger partial charge in [-0.25, -0.2) is 0 Å². The number of rotatable bonds is 11. The highest BCUT2D eigenvalue weighted by Gasteiger charge is 2.17. The summed E-state index contributed by atoms with van der Waals surface area (Å²) in [5.74, 6) is 0.175. The highest BCUT2D eigenvalue weighted by atomic mass is 79.9. The van der Waals surface area contributed by atoms with Gasteiger partial charge >= 0.3 is 0 Å². The van der Waals surface area contributed by atoms with E-state index < -0.39 is 0 Å². The molecule has 2 amide bonds. The lowest BCUT2D eigenvalue weighted by Gasteiger charge is -2.20. The minimum atomic E-state index is -0.363. The number of carbonyl (C=O) groups excluding carboxylic acids is 2. The molecular formula is C29H32BrN3O3S. The lowest BCUT2D eigenvalue weighted by Crippen LogP contribution is -2.35. The lowest BCUT2D eigenvalue weighted by molar-refractivity contribution is 0.0786. The number of nitrogens with zero attached hydrogens (tertiary/aromatic N) is 1. The third-order valence-corrected chi connectivity index (χ3v) is 6.52. The number of nitrogens with one attached hydrogen (secondary N) is 2. The molecule has 0 atom stereocenters. The summed E-state index contributed by atoms with van der Waals surface area (Å²) in [5.41, 5.74) is 2.44. The van der Waals surface area contributed by atoms with Gasteiger partial charge in [0.05, 0.1) is 22.3 Å². The summed E-state index contributed by atoms with van der Waals surface area (Å²) in [4.78, 5) is 27.6. The molecule has 0 unspecified atom stereocenters. The minimum Gasteiger partial charge on any atom is -0.492 e. The molecule has 0 spiro atoms. The number of para-hydroxylation sites is 1. The number of amides is 2. The first kappa shape index (κ1) is 28.3. The van der Waals surface area contributed by atoms with E-state index in [9.17, 15) is 9.59 Å². The van der Waals surface area contributed by atoms with Gasteiger partial charge in [0.2, 0.25) is 0 Å². The molecule has 8 heteroatoms. The average Bonchev–Trinajstić information content (AvgIpc) is 2.89. The van der Waals surface area contributed by atoms with Crippen molar-refractivity contribution < 1.29 is 14.3 Å². The Hall–Kier alpha value is -3.23. The number of hydrogen-bond acceptors (Lipinski definition) is 4. The molecule has 0 saturated carbocycles. The van der Waals surface area contributed by atoms with E-state index in [2.05, 4.69) is 33.5 Å². The van der Waals surface area contributed by atoms with Crippen LogP contribution in [-0.2, 0) is 6.54 Å². The monoisotopic (exact) mass is 581 g/mol. The van der Waals surface area contributed by atoms with Crippen LogP contribution in [0.2, 0.25) is 0 Å². The van der Waals surface area contributed by atoms with Crippen molar-refractivity contribution >= 4 is 50.8 Å². The second-order valence-electron chi connectivity index (χ2n) is 8.65. The molecule has 0 fully saturated rings. The zero-order valence-electron chi connectivity index (χ0n) is 21.1. The number of benzene rings is 3. The molecule has 0 saturated heterocycles. The summed E-state index contributed by atoms with van der Waals surface area (Å²) >= 11 is 8.86. The quantitative estimate of drug-likeness (QED) is 0.192. The largest absolute Gasteiger partial charge is 0.492 e. The van der Waals surface area contributed by atoms with Gasteiger partial charge in [0.25, 0.3) is 11.8 Å². The highest BCUT2D eigenvalue weighted by Crippen LogP contribution is 2.26. The molecule has 3 aromatic carbocycles. The predicted molar refractivity (Wildman–Crippen MR) is 156 cm³/mol. The second kappa shape index (κ2) is 14.5. The topological polar surface area (TPSA) is 70.7 Å². The Morgan fingerprint density at radius 1 is 0.973 bits per heavy atom. The Bertz CT molecular complexity index is 1220. The van der Waals surface area contributed by atoms with E-state index >= 15 is 0 Å². The van der Waals surface area contributed by atoms with E-state index in [0.717, 1.165) is 18.4 Å². The maximum atomic E-state index is 13.1. The number of halogens is 1. The molecule has 0 aromatic heterocycles. The molecule has 37 heavy (non-hydrogen) atoms. The number of unbranched alkanes of at least 4 members (excludes halogenated alkanes) is 3. The molecule has 0 heterocycles. The Morgan fingerprint density at radius 3 is 2.43 bits per heavy atom. The standard InChI is InChI=1S/C29H32BrN3O3S/c1-3-4-5-11-18-36-26-17-16-22(19-24(26)30)27(34)32-29(37)31-25-15-10-9-14-23(25)28(35)33(2)20-21-12-7-6-8-13-21/h6-10,12-17,19H,3-5,11,18,20H2,1-2H3,(H2,31,32,34,37). The first-order chi connectivity index (χ1) is 17.9. The van der Waals surface area contributed by atoms with E-state index in [4.69, 9.17) is 17.0 Å². The van der Waals surface area contributed by atoms with Crippen LogP contribution in [0.5, 0.6) is 5.75 Å². The van der Waals surface area contributed by atoms with Gasteiger partial charge < -0.3 is 15.0 Å². The van der Waals surface area contributed by atoms with Crippen LogP contribution in [0.4, 0.5) is 5.69 Å². The summed E-state index contributed by atoms with van der Waals surface area (Å²) in [6.45, 7) is 3.28. The summed E-state index contributed by atoms with van der Waals surface area (Å²) < 4.78 is 6.52. The Balaban J connectivity index is 1.59. The number of ether oxygens (including phenoxy) is 1. The zero-order valence-corrected chi connectivity index (χ0v) is 23.5. The Morgan fingerprint density at radius 2 is 1.70 bits per heavy atom. The fraction of sp³-hybridized carbons (Fsp3) is 0.276. The predicted octanol–water partition coefficient (Wildman–Crippen LogP) is 6.81. The molecule has 2 N–H and O–H groups in total. The zero-order chi connectivity index (χ0) is 26.6. The van der Waals surface area contributed by atoms with Gasteiger partial charge in [0.1, 0.15) is 5.75 Å². The summed E-state index contributed by atoms with van der Waals surface area (Å²) in [7, 11) is 1.75.